The molecule has 1 aliphatic heterocycles. The number of carbonyl (C=O) groups is 1. The minimum Gasteiger partial charge on any atom is -0.381 e. The molecule has 1 amide bonds. The lowest BCUT2D eigenvalue weighted by Gasteiger charge is -2.22. The zero-order chi connectivity index (χ0) is 17.5. The molecule has 0 radical (unpaired) electrons. The van der Waals surface area contributed by atoms with Crippen LogP contribution in [0, 0.1) is 23.6 Å². The second kappa shape index (κ2) is 8.46. The van der Waals surface area contributed by atoms with Gasteiger partial charge in [-0.25, -0.2) is 4.39 Å². The predicted molar refractivity (Wildman–Crippen MR) is 94.7 cm³/mol. The van der Waals surface area contributed by atoms with Gasteiger partial charge in [0.2, 0.25) is 0 Å². The van der Waals surface area contributed by atoms with Gasteiger partial charge in [-0.1, -0.05) is 11.8 Å². The summed E-state index contributed by atoms with van der Waals surface area (Å²) in [6.07, 6.45) is 2.15. The highest BCUT2D eigenvalue weighted by Gasteiger charge is 2.15. The Kier molecular flexibility index (Phi) is 5.81. The van der Waals surface area contributed by atoms with Crippen LogP contribution < -0.4 is 5.32 Å². The number of hydrogen-bond acceptors (Lipinski definition) is 2. The van der Waals surface area contributed by atoms with Crippen LogP contribution in [0.4, 0.5) is 4.39 Å². The molecule has 0 bridgehead atoms. The van der Waals surface area contributed by atoms with E-state index >= 15 is 0 Å². The summed E-state index contributed by atoms with van der Waals surface area (Å²) >= 11 is 0. The molecule has 1 fully saturated rings. The van der Waals surface area contributed by atoms with Crippen molar-refractivity contribution in [2.24, 2.45) is 5.92 Å². The van der Waals surface area contributed by atoms with Gasteiger partial charge in [-0.3, -0.25) is 4.79 Å². The summed E-state index contributed by atoms with van der Waals surface area (Å²) < 4.78 is 18.3. The number of ether oxygens (including phenoxy) is 1. The lowest BCUT2D eigenvalue weighted by atomic mass is 10.0. The van der Waals surface area contributed by atoms with E-state index in [-0.39, 0.29) is 11.7 Å². The smallest absolute Gasteiger partial charge is 0.251 e. The first kappa shape index (κ1) is 17.2. The third kappa shape index (κ3) is 5.17. The van der Waals surface area contributed by atoms with Crippen LogP contribution in [0.3, 0.4) is 0 Å². The van der Waals surface area contributed by atoms with E-state index in [9.17, 15) is 9.18 Å². The number of hydrogen-bond donors (Lipinski definition) is 1. The van der Waals surface area contributed by atoms with Gasteiger partial charge in [-0.15, -0.1) is 0 Å². The first-order chi connectivity index (χ1) is 12.2. The van der Waals surface area contributed by atoms with Crippen molar-refractivity contribution < 1.29 is 13.9 Å². The summed E-state index contributed by atoms with van der Waals surface area (Å²) in [5.74, 6) is 6.03. The second-order valence-corrected chi connectivity index (χ2v) is 6.13. The van der Waals surface area contributed by atoms with Crippen LogP contribution in [0.5, 0.6) is 0 Å². The number of nitrogens with one attached hydrogen (secondary N) is 1. The van der Waals surface area contributed by atoms with Gasteiger partial charge < -0.3 is 10.1 Å². The third-order valence-electron chi connectivity index (χ3n) is 4.15. The van der Waals surface area contributed by atoms with Crippen LogP contribution in [-0.2, 0) is 4.74 Å². The Labute approximate surface area is 147 Å². The van der Waals surface area contributed by atoms with Crippen LogP contribution in [-0.4, -0.2) is 25.7 Å². The molecule has 0 spiro atoms. The number of benzene rings is 2. The van der Waals surface area contributed by atoms with Crippen LogP contribution in [0.1, 0.15) is 34.3 Å². The molecule has 3 nitrogen and oxygen atoms in total. The highest BCUT2D eigenvalue weighted by molar-refractivity contribution is 5.94. The van der Waals surface area contributed by atoms with Gasteiger partial charge in [-0.05, 0) is 67.3 Å². The maximum absolute atomic E-state index is 12.9. The van der Waals surface area contributed by atoms with Gasteiger partial charge in [0, 0.05) is 29.8 Å². The van der Waals surface area contributed by atoms with Gasteiger partial charge in [0.1, 0.15) is 5.82 Å². The molecular formula is C21H20FNO2. The molecule has 2 aromatic carbocycles. The Morgan fingerprint density at radius 2 is 1.72 bits per heavy atom. The summed E-state index contributed by atoms with van der Waals surface area (Å²) in [6, 6.07) is 13.2. The van der Waals surface area contributed by atoms with E-state index in [1.807, 2.05) is 12.1 Å². The van der Waals surface area contributed by atoms with E-state index in [0.29, 0.717) is 18.0 Å². The zero-order valence-corrected chi connectivity index (χ0v) is 13.9. The summed E-state index contributed by atoms with van der Waals surface area (Å²) in [5, 5.41) is 2.96. The van der Waals surface area contributed by atoms with E-state index < -0.39 is 0 Å². The lowest BCUT2D eigenvalue weighted by molar-refractivity contribution is 0.0536. The Morgan fingerprint density at radius 1 is 1.08 bits per heavy atom. The first-order valence-corrected chi connectivity index (χ1v) is 8.44. The SMILES string of the molecule is O=C(NCC1CCCOC1)c1ccc(C#Cc2ccc(F)cc2)cc1. The van der Waals surface area contributed by atoms with Gasteiger partial charge in [0.05, 0.1) is 6.61 Å². The van der Waals surface area contributed by atoms with Crippen molar-refractivity contribution in [1.82, 2.24) is 5.32 Å². The highest BCUT2D eigenvalue weighted by Crippen LogP contribution is 2.12. The average Bonchev–Trinajstić information content (AvgIpc) is 2.67. The molecule has 0 saturated carbocycles. The van der Waals surface area contributed by atoms with E-state index in [0.717, 1.165) is 37.2 Å². The molecule has 128 valence electrons. The minimum absolute atomic E-state index is 0.0800. The summed E-state index contributed by atoms with van der Waals surface area (Å²) in [6.45, 7) is 2.19. The van der Waals surface area contributed by atoms with Crippen LogP contribution in [0.15, 0.2) is 48.5 Å². The van der Waals surface area contributed by atoms with Crippen molar-refractivity contribution in [2.45, 2.75) is 12.8 Å². The average molecular weight is 337 g/mol. The van der Waals surface area contributed by atoms with Crippen molar-refractivity contribution in [3.8, 4) is 11.8 Å². The minimum atomic E-state index is -0.277. The Bertz CT molecular complexity index is 766. The third-order valence-corrected chi connectivity index (χ3v) is 4.15. The monoisotopic (exact) mass is 337 g/mol. The van der Waals surface area contributed by atoms with Gasteiger partial charge in [0.15, 0.2) is 0 Å². The molecule has 0 aromatic heterocycles. The van der Waals surface area contributed by atoms with Crippen molar-refractivity contribution in [3.05, 3.63) is 71.0 Å². The van der Waals surface area contributed by atoms with Crippen molar-refractivity contribution in [1.29, 1.82) is 0 Å². The van der Waals surface area contributed by atoms with Gasteiger partial charge in [-0.2, -0.15) is 0 Å². The summed E-state index contributed by atoms with van der Waals surface area (Å²) in [7, 11) is 0. The number of carbonyl (C=O) groups excluding carboxylic acids is 1. The fourth-order valence-corrected chi connectivity index (χ4v) is 2.69. The maximum atomic E-state index is 12.9. The van der Waals surface area contributed by atoms with Crippen LogP contribution in [0.2, 0.25) is 0 Å². The van der Waals surface area contributed by atoms with E-state index in [4.69, 9.17) is 4.74 Å². The van der Waals surface area contributed by atoms with Crippen molar-refractivity contribution >= 4 is 5.91 Å². The molecule has 1 N–H and O–H groups in total. The molecule has 1 unspecified atom stereocenters. The molecule has 1 atom stereocenters. The molecule has 1 heterocycles. The Morgan fingerprint density at radius 3 is 2.32 bits per heavy atom. The molecule has 25 heavy (non-hydrogen) atoms. The Balaban J connectivity index is 1.56. The fraction of sp³-hybridized carbons (Fsp3) is 0.286. The topological polar surface area (TPSA) is 38.3 Å². The molecule has 3 rings (SSSR count). The number of amides is 1. The summed E-state index contributed by atoms with van der Waals surface area (Å²) in [4.78, 5) is 12.2. The number of halogens is 1. The fourth-order valence-electron chi connectivity index (χ4n) is 2.69. The van der Waals surface area contributed by atoms with Crippen molar-refractivity contribution in [3.63, 3.8) is 0 Å². The molecule has 1 aliphatic rings. The van der Waals surface area contributed by atoms with Crippen molar-refractivity contribution in [2.75, 3.05) is 19.8 Å². The lowest BCUT2D eigenvalue weighted by Crippen LogP contribution is -2.33. The van der Waals surface area contributed by atoms with E-state index in [1.54, 1.807) is 24.3 Å². The van der Waals surface area contributed by atoms with Crippen LogP contribution in [0.25, 0.3) is 0 Å². The number of rotatable bonds is 3. The molecule has 0 aliphatic carbocycles. The van der Waals surface area contributed by atoms with E-state index in [1.165, 1.54) is 12.1 Å². The van der Waals surface area contributed by atoms with Gasteiger partial charge in [0.25, 0.3) is 5.91 Å². The molecule has 2 aromatic rings. The summed E-state index contributed by atoms with van der Waals surface area (Å²) in [5.41, 5.74) is 2.17. The molecule has 4 heteroatoms. The largest absolute Gasteiger partial charge is 0.381 e. The molecule has 1 saturated heterocycles. The standard InChI is InChI=1S/C21H20FNO2/c22-20-11-7-17(8-12-20)4-3-16-5-9-19(10-6-16)21(24)23-14-18-2-1-13-25-15-18/h5-12,18H,1-2,13-15H2,(H,23,24). The second-order valence-electron chi connectivity index (χ2n) is 6.13. The van der Waals surface area contributed by atoms with E-state index in [2.05, 4.69) is 17.2 Å². The normalized spacial score (nSPS) is 16.6. The quantitative estimate of drug-likeness (QED) is 0.872. The highest BCUT2D eigenvalue weighted by atomic mass is 19.1. The zero-order valence-electron chi connectivity index (χ0n) is 13.9. The van der Waals surface area contributed by atoms with Crippen LogP contribution >= 0.6 is 0 Å². The first-order valence-electron chi connectivity index (χ1n) is 8.44. The maximum Gasteiger partial charge on any atom is 0.251 e. The Hall–Kier alpha value is -2.64. The predicted octanol–water partition coefficient (Wildman–Crippen LogP) is 3.38. The van der Waals surface area contributed by atoms with Gasteiger partial charge >= 0.3 is 0 Å². The molecular weight excluding hydrogens is 317 g/mol.